The fraction of sp³-hybridized carbons (Fsp3) is 0.600. The molecule has 1 aliphatic rings. The number of aryl methyl sites for hydroxylation is 1. The predicted molar refractivity (Wildman–Crippen MR) is 71.4 cm³/mol. The average Bonchev–Trinajstić information content (AvgIpc) is 2.77. The minimum atomic E-state index is -0.560. The smallest absolute Gasteiger partial charge is 0.330 e. The number of rotatable bonds is 3. The molecule has 1 fully saturated rings. The summed E-state index contributed by atoms with van der Waals surface area (Å²) in [6.07, 6.45) is 0.916. The number of hydrogen-bond donors (Lipinski definition) is 2. The predicted octanol–water partition coefficient (Wildman–Crippen LogP) is 0.741. The number of H-pyrrole nitrogens is 1. The Labute approximate surface area is 113 Å². The minimum absolute atomic E-state index is 0.344. The Balaban J connectivity index is 2.34. The highest BCUT2D eigenvalue weighted by Crippen LogP contribution is 2.30. The molecule has 1 N–H and O–H groups in total. The molecule has 0 spiro atoms. The maximum Gasteiger partial charge on any atom is 0.330 e. The molecule has 0 aliphatic carbocycles. The van der Waals surface area contributed by atoms with Gasteiger partial charge in [-0.2, -0.15) is 12.6 Å². The number of nitrogens with zero attached hydrogens (tertiary/aromatic N) is 4. The van der Waals surface area contributed by atoms with E-state index in [1.165, 1.54) is 10.8 Å². The summed E-state index contributed by atoms with van der Waals surface area (Å²) in [6.45, 7) is 1.60. The van der Waals surface area contributed by atoms with Gasteiger partial charge in [0.2, 0.25) is 0 Å². The second-order valence-corrected chi connectivity index (χ2v) is 4.66. The van der Waals surface area contributed by atoms with E-state index in [2.05, 4.69) is 27.6 Å². The summed E-state index contributed by atoms with van der Waals surface area (Å²) >= 11 is 4.13. The monoisotopic (exact) mass is 283 g/mol. The van der Waals surface area contributed by atoms with Crippen molar-refractivity contribution in [2.24, 2.45) is 5.11 Å². The van der Waals surface area contributed by atoms with Gasteiger partial charge in [-0.15, -0.1) is 0 Å². The van der Waals surface area contributed by atoms with Crippen molar-refractivity contribution in [1.29, 1.82) is 0 Å². The van der Waals surface area contributed by atoms with E-state index in [9.17, 15) is 9.59 Å². The van der Waals surface area contributed by atoms with Crippen molar-refractivity contribution >= 4 is 12.6 Å². The second-order valence-electron chi connectivity index (χ2n) is 4.30. The summed E-state index contributed by atoms with van der Waals surface area (Å²) in [5, 5.41) is 3.64. The van der Waals surface area contributed by atoms with Gasteiger partial charge in [-0.1, -0.05) is 5.11 Å². The van der Waals surface area contributed by atoms with Crippen LogP contribution in [0.2, 0.25) is 0 Å². The molecule has 9 heteroatoms. The first-order valence-electron chi connectivity index (χ1n) is 5.69. The van der Waals surface area contributed by atoms with E-state index in [1.807, 2.05) is 0 Å². The normalized spacial score (nSPS) is 26.1. The van der Waals surface area contributed by atoms with Crippen LogP contribution in [0.4, 0.5) is 0 Å². The Bertz CT molecular complexity index is 633. The van der Waals surface area contributed by atoms with Gasteiger partial charge in [0, 0.05) is 28.8 Å². The van der Waals surface area contributed by atoms with Crippen molar-refractivity contribution in [3.8, 4) is 0 Å². The van der Waals surface area contributed by atoms with E-state index in [0.29, 0.717) is 17.7 Å². The van der Waals surface area contributed by atoms with Gasteiger partial charge < -0.3 is 4.74 Å². The van der Waals surface area contributed by atoms with Crippen LogP contribution in [-0.2, 0) is 4.74 Å². The molecule has 0 saturated carbocycles. The highest BCUT2D eigenvalue weighted by atomic mass is 32.1. The maximum absolute atomic E-state index is 11.7. The lowest BCUT2D eigenvalue weighted by molar-refractivity contribution is 0.00832. The van der Waals surface area contributed by atoms with E-state index < -0.39 is 17.5 Å². The number of nitrogens with one attached hydrogen (secondary N) is 1. The highest BCUT2D eigenvalue weighted by Gasteiger charge is 2.35. The SMILES string of the molecule is Cc1cn([C@H]2C[C@H](N=[N+]=[N-])[C@@H](CS)O2)c(=O)[nH]c1=O. The number of azide groups is 1. The first kappa shape index (κ1) is 13.7. The summed E-state index contributed by atoms with van der Waals surface area (Å²) in [5.74, 6) is 0.386. The first-order chi connectivity index (χ1) is 9.06. The summed E-state index contributed by atoms with van der Waals surface area (Å²) in [6, 6.07) is -0.369. The first-order valence-corrected chi connectivity index (χ1v) is 6.32. The lowest BCUT2D eigenvalue weighted by atomic mass is 10.1. The number of aromatic nitrogens is 2. The summed E-state index contributed by atoms with van der Waals surface area (Å²) in [7, 11) is 0. The van der Waals surface area contributed by atoms with Crippen molar-refractivity contribution in [2.75, 3.05) is 5.75 Å². The zero-order chi connectivity index (χ0) is 14.0. The van der Waals surface area contributed by atoms with Crippen molar-refractivity contribution in [2.45, 2.75) is 31.7 Å². The molecule has 3 atom stereocenters. The van der Waals surface area contributed by atoms with Crippen LogP contribution >= 0.6 is 12.6 Å². The van der Waals surface area contributed by atoms with Crippen molar-refractivity contribution in [1.82, 2.24) is 9.55 Å². The van der Waals surface area contributed by atoms with Crippen LogP contribution in [0.25, 0.3) is 10.4 Å². The van der Waals surface area contributed by atoms with E-state index in [0.717, 1.165) is 0 Å². The molecule has 0 bridgehead atoms. The van der Waals surface area contributed by atoms with Crippen LogP contribution in [0.3, 0.4) is 0 Å². The Morgan fingerprint density at radius 1 is 1.68 bits per heavy atom. The Morgan fingerprint density at radius 3 is 3.05 bits per heavy atom. The van der Waals surface area contributed by atoms with Crippen LogP contribution in [0.15, 0.2) is 20.9 Å². The number of hydrogen-bond acceptors (Lipinski definition) is 5. The van der Waals surface area contributed by atoms with Crippen LogP contribution < -0.4 is 11.2 Å². The third-order valence-corrected chi connectivity index (χ3v) is 3.40. The Kier molecular flexibility index (Phi) is 3.98. The van der Waals surface area contributed by atoms with Crippen LogP contribution in [0.5, 0.6) is 0 Å². The molecular weight excluding hydrogens is 270 g/mol. The molecule has 8 nitrogen and oxygen atoms in total. The molecule has 19 heavy (non-hydrogen) atoms. The third kappa shape index (κ3) is 2.67. The van der Waals surface area contributed by atoms with Crippen molar-refractivity contribution in [3.63, 3.8) is 0 Å². The molecular formula is C10H13N5O3S. The molecule has 0 aromatic carbocycles. The quantitative estimate of drug-likeness (QED) is 0.369. The van der Waals surface area contributed by atoms with Gasteiger partial charge in [0.05, 0.1) is 12.1 Å². The fourth-order valence-corrected chi connectivity index (χ4v) is 2.37. The number of ether oxygens (including phenoxy) is 1. The van der Waals surface area contributed by atoms with E-state index >= 15 is 0 Å². The second kappa shape index (κ2) is 5.52. The Morgan fingerprint density at radius 2 is 2.42 bits per heavy atom. The number of thiol groups is 1. The molecule has 2 heterocycles. The van der Waals surface area contributed by atoms with Gasteiger partial charge in [0.15, 0.2) is 0 Å². The largest absolute Gasteiger partial charge is 0.353 e. The maximum atomic E-state index is 11.7. The average molecular weight is 283 g/mol. The van der Waals surface area contributed by atoms with Gasteiger partial charge in [-0.25, -0.2) is 4.79 Å². The van der Waals surface area contributed by atoms with Gasteiger partial charge in [0.1, 0.15) is 6.23 Å². The van der Waals surface area contributed by atoms with Gasteiger partial charge in [-0.05, 0) is 12.5 Å². The molecule has 1 aromatic heterocycles. The summed E-state index contributed by atoms with van der Waals surface area (Å²) < 4.78 is 6.94. The zero-order valence-corrected chi connectivity index (χ0v) is 11.1. The Hall–Kier alpha value is -1.70. The molecule has 1 aromatic rings. The van der Waals surface area contributed by atoms with Gasteiger partial charge in [-0.3, -0.25) is 14.3 Å². The lowest BCUT2D eigenvalue weighted by Crippen LogP contribution is -2.33. The summed E-state index contributed by atoms with van der Waals surface area (Å²) in [4.78, 5) is 28.0. The zero-order valence-electron chi connectivity index (χ0n) is 10.2. The standard InChI is InChI=1S/C10H13N5O3S/c1-5-3-15(10(17)12-9(5)16)8-2-6(13-14-11)7(4-19)18-8/h3,6-8,19H,2,4H2,1H3,(H,12,16,17)/t6-,7+,8+/m0/s1. The molecule has 0 amide bonds. The van der Waals surface area contributed by atoms with Crippen LogP contribution in [0, 0.1) is 6.92 Å². The molecule has 1 aliphatic heterocycles. The topological polar surface area (TPSA) is 113 Å². The van der Waals surface area contributed by atoms with Gasteiger partial charge >= 0.3 is 5.69 Å². The van der Waals surface area contributed by atoms with E-state index in [1.54, 1.807) is 6.92 Å². The molecule has 0 unspecified atom stereocenters. The lowest BCUT2D eigenvalue weighted by Gasteiger charge is -2.15. The van der Waals surface area contributed by atoms with Crippen molar-refractivity contribution in [3.05, 3.63) is 43.0 Å². The van der Waals surface area contributed by atoms with Crippen LogP contribution in [-0.4, -0.2) is 27.4 Å². The third-order valence-electron chi connectivity index (χ3n) is 3.04. The van der Waals surface area contributed by atoms with Crippen molar-refractivity contribution < 1.29 is 4.74 Å². The van der Waals surface area contributed by atoms with E-state index in [4.69, 9.17) is 10.3 Å². The van der Waals surface area contributed by atoms with E-state index in [-0.39, 0.29) is 12.1 Å². The molecule has 0 radical (unpaired) electrons. The fourth-order valence-electron chi connectivity index (χ4n) is 2.04. The minimum Gasteiger partial charge on any atom is -0.353 e. The molecule has 102 valence electrons. The summed E-state index contributed by atoms with van der Waals surface area (Å²) in [5.41, 5.74) is 7.95. The molecule has 1 saturated heterocycles. The highest BCUT2D eigenvalue weighted by molar-refractivity contribution is 7.80. The number of aromatic amines is 1. The van der Waals surface area contributed by atoms with Gasteiger partial charge in [0.25, 0.3) is 5.56 Å². The molecule has 2 rings (SSSR count). The van der Waals surface area contributed by atoms with Crippen LogP contribution in [0.1, 0.15) is 18.2 Å².